The number of nitrogens with one attached hydrogen (secondary N) is 3. The molecule has 218 valence electrons. The van der Waals surface area contributed by atoms with E-state index in [4.69, 9.17) is 23.2 Å². The molecule has 0 saturated carbocycles. The maximum atomic E-state index is 13.1. The van der Waals surface area contributed by atoms with E-state index in [0.29, 0.717) is 36.6 Å². The first-order valence-electron chi connectivity index (χ1n) is 12.1. The average Bonchev–Trinajstić information content (AvgIpc) is 3.58. The highest BCUT2D eigenvalue weighted by atomic mass is 79.9. The van der Waals surface area contributed by atoms with Gasteiger partial charge in [-0.15, -0.1) is 0 Å². The number of anilines is 3. The van der Waals surface area contributed by atoms with E-state index >= 15 is 0 Å². The Morgan fingerprint density at radius 2 is 1.49 bits per heavy atom. The highest BCUT2D eigenvalue weighted by Gasteiger charge is 2.24. The summed E-state index contributed by atoms with van der Waals surface area (Å²) in [4.78, 5) is 54.4. The number of amides is 4. The fraction of sp³-hybridized carbons (Fsp3) is 0.240. The van der Waals surface area contributed by atoms with Gasteiger partial charge in [-0.25, -0.2) is 4.42 Å². The molecule has 16 heteroatoms. The third-order valence-electron chi connectivity index (χ3n) is 5.77. The number of guanidine groups is 1. The molecule has 0 unspecified atom stereocenters. The predicted octanol–water partition coefficient (Wildman–Crippen LogP) is 2.00. The second-order valence-electron chi connectivity index (χ2n) is 8.96. The Balaban J connectivity index is 1.67. The van der Waals surface area contributed by atoms with E-state index < -0.39 is 17.7 Å². The van der Waals surface area contributed by atoms with Gasteiger partial charge < -0.3 is 41.1 Å². The van der Waals surface area contributed by atoms with E-state index in [-0.39, 0.29) is 33.4 Å². The van der Waals surface area contributed by atoms with Crippen molar-refractivity contribution in [2.24, 2.45) is 37.6 Å². The van der Waals surface area contributed by atoms with Gasteiger partial charge in [0.1, 0.15) is 17.1 Å². The van der Waals surface area contributed by atoms with Crippen LogP contribution in [0.5, 0.6) is 0 Å². The van der Waals surface area contributed by atoms with E-state index in [0.717, 1.165) is 4.42 Å². The van der Waals surface area contributed by atoms with Gasteiger partial charge in [0.25, 0.3) is 23.6 Å². The molecule has 3 rings (SSSR count). The number of hydrogen-bond donors (Lipinski definition) is 5. The standard InChI is InChI=1S/C25H30BrClN10O4/c1-14(26)21(38)32-16-9-20(35(3)12-16)24(41)37(27)17-10-19(36(4)13-17)23(40)33-15-8-18(34(2)11-15)22(39)30-6-5-7-31-25(28)29/h8-13H,1,5-7H2,2-4H3,(H,30,39)(H,32,38)(H,33,40)(H4,28,29,31). The van der Waals surface area contributed by atoms with Crippen molar-refractivity contribution in [3.8, 4) is 0 Å². The summed E-state index contributed by atoms with van der Waals surface area (Å²) in [5.41, 5.74) is 12.3. The maximum absolute atomic E-state index is 13.1. The molecule has 0 radical (unpaired) electrons. The molecule has 41 heavy (non-hydrogen) atoms. The largest absolute Gasteiger partial charge is 0.370 e. The molecule has 0 atom stereocenters. The van der Waals surface area contributed by atoms with Crippen molar-refractivity contribution >= 4 is 74.4 Å². The monoisotopic (exact) mass is 648 g/mol. The van der Waals surface area contributed by atoms with E-state index in [1.165, 1.54) is 27.5 Å². The number of halogens is 2. The number of nitrogens with two attached hydrogens (primary N) is 2. The Morgan fingerprint density at radius 1 is 0.927 bits per heavy atom. The topological polar surface area (TPSA) is 187 Å². The molecule has 0 spiro atoms. The van der Waals surface area contributed by atoms with Crippen molar-refractivity contribution in [1.29, 1.82) is 0 Å². The normalized spacial score (nSPS) is 10.6. The minimum atomic E-state index is -0.582. The Bertz CT molecular complexity index is 1530. The number of carbonyl (C=O) groups excluding carboxylic acids is 4. The van der Waals surface area contributed by atoms with Crippen molar-refractivity contribution < 1.29 is 19.2 Å². The second kappa shape index (κ2) is 13.2. The molecule has 0 fully saturated rings. The first kappa shape index (κ1) is 31.0. The van der Waals surface area contributed by atoms with Gasteiger partial charge >= 0.3 is 0 Å². The lowest BCUT2D eigenvalue weighted by Gasteiger charge is -2.12. The molecule has 3 aromatic heterocycles. The summed E-state index contributed by atoms with van der Waals surface area (Å²) in [6, 6.07) is 4.46. The predicted molar refractivity (Wildman–Crippen MR) is 161 cm³/mol. The molecule has 4 amide bonds. The maximum Gasteiger partial charge on any atom is 0.289 e. The summed E-state index contributed by atoms with van der Waals surface area (Å²) in [5.74, 6) is -1.85. The number of nitrogens with zero attached hydrogens (tertiary/aromatic N) is 5. The summed E-state index contributed by atoms with van der Waals surface area (Å²) in [5, 5.41) is 8.12. The Morgan fingerprint density at radius 3 is 2.12 bits per heavy atom. The summed E-state index contributed by atoms with van der Waals surface area (Å²) in [7, 11) is 4.93. The van der Waals surface area contributed by atoms with Crippen molar-refractivity contribution in [1.82, 2.24) is 19.0 Å². The molecule has 0 saturated heterocycles. The van der Waals surface area contributed by atoms with Crippen LogP contribution in [-0.4, -0.2) is 56.4 Å². The van der Waals surface area contributed by atoms with Crippen molar-refractivity contribution in [3.63, 3.8) is 0 Å². The van der Waals surface area contributed by atoms with Gasteiger partial charge in [-0.05, 0) is 40.5 Å². The van der Waals surface area contributed by atoms with Crippen LogP contribution in [0.3, 0.4) is 0 Å². The minimum absolute atomic E-state index is 0.00982. The van der Waals surface area contributed by atoms with Crippen LogP contribution in [0.25, 0.3) is 0 Å². The average molecular weight is 650 g/mol. The summed E-state index contributed by atoms with van der Waals surface area (Å²) in [6.45, 7) is 4.26. The SMILES string of the molecule is C=C(Br)C(=O)Nc1cc(C(=O)N(Cl)c2cc(C(=O)Nc3cc(C(=O)NCCCN=C(N)N)n(C)c3)n(C)c2)n(C)c1. The molecule has 3 aromatic rings. The minimum Gasteiger partial charge on any atom is -0.370 e. The third kappa shape index (κ3) is 7.79. The van der Waals surface area contributed by atoms with Crippen LogP contribution in [0.4, 0.5) is 17.1 Å². The van der Waals surface area contributed by atoms with Crippen molar-refractivity contribution in [2.75, 3.05) is 28.1 Å². The highest BCUT2D eigenvalue weighted by molar-refractivity contribution is 9.12. The van der Waals surface area contributed by atoms with Crippen molar-refractivity contribution in [3.05, 3.63) is 64.9 Å². The number of hydrogen-bond acceptors (Lipinski definition) is 5. The van der Waals surface area contributed by atoms with Crippen LogP contribution in [-0.2, 0) is 25.9 Å². The highest BCUT2D eigenvalue weighted by Crippen LogP contribution is 2.25. The fourth-order valence-corrected chi connectivity index (χ4v) is 4.05. The zero-order valence-electron chi connectivity index (χ0n) is 22.6. The lowest BCUT2D eigenvalue weighted by atomic mass is 10.3. The number of aromatic nitrogens is 3. The summed E-state index contributed by atoms with van der Waals surface area (Å²) in [6.07, 6.45) is 5.23. The van der Waals surface area contributed by atoms with Crippen molar-refractivity contribution in [2.45, 2.75) is 6.42 Å². The molecule has 7 N–H and O–H groups in total. The molecule has 0 aliphatic rings. The second-order valence-corrected chi connectivity index (χ2v) is 10.3. The Labute approximate surface area is 249 Å². The summed E-state index contributed by atoms with van der Waals surface area (Å²) < 4.78 is 5.61. The van der Waals surface area contributed by atoms with Gasteiger partial charge in [0.15, 0.2) is 5.96 Å². The molecule has 0 aliphatic heterocycles. The van der Waals surface area contributed by atoms with Gasteiger partial charge in [0, 0.05) is 64.6 Å². The smallest absolute Gasteiger partial charge is 0.289 e. The van der Waals surface area contributed by atoms with Gasteiger partial charge in [-0.1, -0.05) is 6.58 Å². The molecular formula is C25H30BrClN10O4. The zero-order chi connectivity index (χ0) is 30.4. The Kier molecular flexibility index (Phi) is 10.0. The number of carbonyl (C=O) groups is 4. The number of rotatable bonds is 11. The van der Waals surface area contributed by atoms with E-state index in [9.17, 15) is 19.2 Å². The molecular weight excluding hydrogens is 620 g/mol. The molecule has 0 aromatic carbocycles. The fourth-order valence-electron chi connectivity index (χ4n) is 3.78. The van der Waals surface area contributed by atoms with Gasteiger partial charge in [-0.2, -0.15) is 0 Å². The van der Waals surface area contributed by atoms with Crippen LogP contribution in [0.15, 0.2) is 52.8 Å². The molecule has 0 aliphatic carbocycles. The van der Waals surface area contributed by atoms with Crippen LogP contribution in [0, 0.1) is 0 Å². The number of aliphatic imine (C=N–C) groups is 1. The lowest BCUT2D eigenvalue weighted by Crippen LogP contribution is -2.27. The van der Waals surface area contributed by atoms with Gasteiger partial charge in [-0.3, -0.25) is 24.2 Å². The summed E-state index contributed by atoms with van der Waals surface area (Å²) >= 11 is 9.37. The molecule has 3 heterocycles. The zero-order valence-corrected chi connectivity index (χ0v) is 24.9. The van der Waals surface area contributed by atoms with Crippen LogP contribution in [0.2, 0.25) is 0 Å². The van der Waals surface area contributed by atoms with Gasteiger partial charge in [0.05, 0.1) is 21.5 Å². The number of aryl methyl sites for hydroxylation is 3. The van der Waals surface area contributed by atoms with Crippen LogP contribution < -0.4 is 31.8 Å². The van der Waals surface area contributed by atoms with Crippen LogP contribution >= 0.6 is 27.7 Å². The molecule has 14 nitrogen and oxygen atoms in total. The van der Waals surface area contributed by atoms with E-state index in [1.807, 2.05) is 0 Å². The first-order chi connectivity index (χ1) is 19.3. The lowest BCUT2D eigenvalue weighted by molar-refractivity contribution is -0.112. The first-order valence-corrected chi connectivity index (χ1v) is 13.2. The van der Waals surface area contributed by atoms with E-state index in [1.54, 1.807) is 44.2 Å². The Hall–Kier alpha value is -4.50. The van der Waals surface area contributed by atoms with E-state index in [2.05, 4.69) is 43.5 Å². The molecule has 0 bridgehead atoms. The van der Waals surface area contributed by atoms with Crippen LogP contribution in [0.1, 0.15) is 37.9 Å². The third-order valence-corrected chi connectivity index (χ3v) is 6.48. The van der Waals surface area contributed by atoms with Gasteiger partial charge in [0.2, 0.25) is 0 Å². The quantitative estimate of drug-likeness (QED) is 0.0695.